The van der Waals surface area contributed by atoms with Crippen LogP contribution in [0, 0.1) is 35.5 Å². The van der Waals surface area contributed by atoms with Crippen LogP contribution in [0.2, 0.25) is 0 Å². The molecule has 0 bridgehead atoms. The van der Waals surface area contributed by atoms with E-state index in [2.05, 4.69) is 68.9 Å². The normalized spacial score (nSPS) is 18.1. The Morgan fingerprint density at radius 3 is 1.42 bits per heavy atom. The Labute approximate surface area is 352 Å². The highest BCUT2D eigenvalue weighted by Crippen LogP contribution is 2.38. The summed E-state index contributed by atoms with van der Waals surface area (Å²) >= 11 is 0. The fraction of sp³-hybridized carbons (Fsp3) is 0.731. The van der Waals surface area contributed by atoms with Gasteiger partial charge in [0.2, 0.25) is 0 Å². The Bertz CT molecular complexity index is 1280. The van der Waals surface area contributed by atoms with Gasteiger partial charge in [-0.25, -0.2) is 0 Å². The summed E-state index contributed by atoms with van der Waals surface area (Å²) in [5.41, 5.74) is 0.424. The van der Waals surface area contributed by atoms with Crippen LogP contribution in [-0.2, 0) is 6.42 Å². The minimum atomic E-state index is -0.676. The van der Waals surface area contributed by atoms with Crippen molar-refractivity contribution in [2.75, 3.05) is 0 Å². The molecule has 0 fully saturated rings. The number of hydrogen-bond donors (Lipinski definition) is 4. The molecule has 57 heavy (non-hydrogen) atoms. The largest absolute Gasteiger partial charge is 0.508 e. The average molecular weight is 795 g/mol. The zero-order valence-electron chi connectivity index (χ0n) is 38.6. The molecule has 0 saturated carbocycles. The second-order valence-corrected chi connectivity index (χ2v) is 19.6. The molecule has 5 nitrogen and oxygen atoms in total. The van der Waals surface area contributed by atoms with E-state index in [9.17, 15) is 10.2 Å². The van der Waals surface area contributed by atoms with Crippen molar-refractivity contribution in [3.05, 3.63) is 60.7 Å². The van der Waals surface area contributed by atoms with E-state index in [1.807, 2.05) is 19.1 Å². The monoisotopic (exact) mass is 795 g/mol. The van der Waals surface area contributed by atoms with Crippen molar-refractivity contribution in [2.45, 2.75) is 209 Å². The third-order valence-corrected chi connectivity index (χ3v) is 12.1. The molecule has 0 amide bonds. The Hall–Kier alpha value is -2.66. The summed E-state index contributed by atoms with van der Waals surface area (Å²) in [6.45, 7) is 26.7. The average Bonchev–Trinajstić information content (AvgIpc) is 3.13. The first-order chi connectivity index (χ1) is 26.8. The highest BCUT2D eigenvalue weighted by atomic mass is 16.5. The Morgan fingerprint density at radius 2 is 1.00 bits per heavy atom. The number of fused-ring (bicyclic) bond motifs is 1. The van der Waals surface area contributed by atoms with Gasteiger partial charge in [-0.2, -0.15) is 0 Å². The van der Waals surface area contributed by atoms with E-state index in [1.54, 1.807) is 12.1 Å². The van der Waals surface area contributed by atoms with Crippen LogP contribution in [0.1, 0.15) is 197 Å². The maximum atomic E-state index is 9.89. The number of phenols is 3. The van der Waals surface area contributed by atoms with Gasteiger partial charge in [0.25, 0.3) is 0 Å². The molecule has 0 saturated heterocycles. The molecular formula is C52H90O5. The molecule has 3 rings (SSSR count). The summed E-state index contributed by atoms with van der Waals surface area (Å²) in [5.74, 6) is 6.73. The van der Waals surface area contributed by atoms with E-state index >= 15 is 0 Å². The van der Waals surface area contributed by atoms with E-state index < -0.39 is 5.60 Å². The zero-order valence-corrected chi connectivity index (χ0v) is 38.6. The van der Waals surface area contributed by atoms with E-state index in [0.29, 0.717) is 5.75 Å². The Morgan fingerprint density at radius 1 is 0.614 bits per heavy atom. The van der Waals surface area contributed by atoms with Gasteiger partial charge in [0.1, 0.15) is 28.6 Å². The second-order valence-electron chi connectivity index (χ2n) is 19.6. The predicted octanol–water partition coefficient (Wildman–Crippen LogP) is 15.4. The quantitative estimate of drug-likeness (QED) is 0.0594. The highest BCUT2D eigenvalue weighted by molar-refractivity contribution is 5.41. The SMILES string of the molecule is C=CC(C)(O)CCCC(C)CCCC(C)CCCC(C)C.CC(C)CCCC(C)CCCC(C)CCCC1(C)CCc2cc(O)ccc2O1.Oc1ccc(O)cc1. The maximum absolute atomic E-state index is 9.89. The fourth-order valence-electron chi connectivity index (χ4n) is 7.90. The third kappa shape index (κ3) is 26.9. The highest BCUT2D eigenvalue weighted by Gasteiger charge is 2.31. The van der Waals surface area contributed by atoms with Gasteiger partial charge >= 0.3 is 0 Å². The maximum Gasteiger partial charge on any atom is 0.123 e. The zero-order chi connectivity index (χ0) is 42.9. The van der Waals surface area contributed by atoms with Gasteiger partial charge < -0.3 is 25.2 Å². The lowest BCUT2D eigenvalue weighted by molar-refractivity contribution is 0.0523. The van der Waals surface area contributed by atoms with Crippen LogP contribution in [0.3, 0.4) is 0 Å². The van der Waals surface area contributed by atoms with Gasteiger partial charge in [-0.05, 0) is 129 Å². The number of aromatic hydroxyl groups is 3. The van der Waals surface area contributed by atoms with Crippen molar-refractivity contribution in [3.8, 4) is 23.0 Å². The van der Waals surface area contributed by atoms with Crippen molar-refractivity contribution in [2.24, 2.45) is 35.5 Å². The van der Waals surface area contributed by atoms with Gasteiger partial charge in [0, 0.05) is 0 Å². The van der Waals surface area contributed by atoms with Crippen LogP contribution in [0.4, 0.5) is 0 Å². The summed E-state index contributed by atoms with van der Waals surface area (Å²) in [6, 6.07) is 11.2. The van der Waals surface area contributed by atoms with Gasteiger partial charge in [-0.1, -0.05) is 158 Å². The van der Waals surface area contributed by atoms with Gasteiger partial charge in [0.05, 0.1) is 5.60 Å². The number of aryl methyl sites for hydroxylation is 1. The molecule has 0 radical (unpaired) electrons. The molecule has 0 aromatic heterocycles. The van der Waals surface area contributed by atoms with E-state index in [1.165, 1.54) is 121 Å². The Balaban J connectivity index is 0.000000490. The third-order valence-electron chi connectivity index (χ3n) is 12.1. The number of benzene rings is 2. The van der Waals surface area contributed by atoms with E-state index in [0.717, 1.165) is 78.9 Å². The summed E-state index contributed by atoms with van der Waals surface area (Å²) in [4.78, 5) is 0. The summed E-state index contributed by atoms with van der Waals surface area (Å²) < 4.78 is 6.31. The fourth-order valence-corrected chi connectivity index (χ4v) is 7.90. The molecule has 6 unspecified atom stereocenters. The van der Waals surface area contributed by atoms with E-state index in [4.69, 9.17) is 14.9 Å². The second kappa shape index (κ2) is 28.7. The number of hydrogen-bond acceptors (Lipinski definition) is 5. The first-order valence-electron chi connectivity index (χ1n) is 23.2. The molecule has 1 aliphatic rings. The number of phenolic OH excluding ortho intramolecular Hbond substituents is 3. The lowest BCUT2D eigenvalue weighted by atomic mass is 9.86. The van der Waals surface area contributed by atoms with Crippen LogP contribution in [0.25, 0.3) is 0 Å². The summed E-state index contributed by atoms with van der Waals surface area (Å²) in [5, 5.41) is 36.8. The molecule has 4 N–H and O–H groups in total. The number of ether oxygens (including phenoxy) is 1. The molecule has 1 heterocycles. The molecule has 1 aliphatic heterocycles. The van der Waals surface area contributed by atoms with Crippen molar-refractivity contribution < 1.29 is 25.2 Å². The number of aliphatic hydroxyl groups is 1. The van der Waals surface area contributed by atoms with Gasteiger partial charge in [0.15, 0.2) is 0 Å². The summed E-state index contributed by atoms with van der Waals surface area (Å²) in [7, 11) is 0. The van der Waals surface area contributed by atoms with Crippen molar-refractivity contribution in [1.82, 2.24) is 0 Å². The lowest BCUT2D eigenvalue weighted by Crippen LogP contribution is -2.36. The molecular weight excluding hydrogens is 705 g/mol. The van der Waals surface area contributed by atoms with Crippen molar-refractivity contribution in [1.29, 1.82) is 0 Å². The first-order valence-corrected chi connectivity index (χ1v) is 23.2. The molecule has 2 aromatic carbocycles. The smallest absolute Gasteiger partial charge is 0.123 e. The van der Waals surface area contributed by atoms with Crippen LogP contribution < -0.4 is 4.74 Å². The van der Waals surface area contributed by atoms with Gasteiger partial charge in [-0.15, -0.1) is 6.58 Å². The predicted molar refractivity (Wildman–Crippen MR) is 245 cm³/mol. The minimum Gasteiger partial charge on any atom is -0.508 e. The molecule has 6 atom stereocenters. The molecule has 0 aliphatic carbocycles. The Kier molecular flexibility index (Phi) is 26.4. The molecule has 2 aromatic rings. The van der Waals surface area contributed by atoms with Crippen LogP contribution >= 0.6 is 0 Å². The minimum absolute atomic E-state index is 0.0470. The van der Waals surface area contributed by atoms with Crippen LogP contribution in [0.15, 0.2) is 55.1 Å². The van der Waals surface area contributed by atoms with Crippen LogP contribution in [-0.4, -0.2) is 31.6 Å². The van der Waals surface area contributed by atoms with Crippen LogP contribution in [0.5, 0.6) is 23.0 Å². The summed E-state index contributed by atoms with van der Waals surface area (Å²) in [6.07, 6.45) is 27.2. The molecule has 5 heteroatoms. The van der Waals surface area contributed by atoms with Crippen molar-refractivity contribution in [3.63, 3.8) is 0 Å². The molecule has 328 valence electrons. The van der Waals surface area contributed by atoms with Gasteiger partial charge in [-0.3, -0.25) is 0 Å². The lowest BCUT2D eigenvalue weighted by Gasteiger charge is -2.36. The number of rotatable bonds is 25. The van der Waals surface area contributed by atoms with Crippen molar-refractivity contribution >= 4 is 0 Å². The molecule has 0 spiro atoms. The topological polar surface area (TPSA) is 90.2 Å². The standard InChI is InChI=1S/C26H44O2.C20H40O.C6H6O2/c1-20(2)9-6-10-21(3)11-7-12-22(4)13-8-17-26(5)18-16-23-19-24(27)14-15-25(23)28-26;1-7-20(6,21)16-10-15-19(5)14-9-13-18(4)12-8-11-17(2)3;7-5-1-2-6(8)4-3-5/h14-15,19-22,27H,6-13,16-18H2,1-5H3;7,17-19,21H,1,8-16H2,2-6H3;1-4,7-8H. The van der Waals surface area contributed by atoms with E-state index in [-0.39, 0.29) is 17.1 Å². The first kappa shape index (κ1) is 52.4.